The predicted octanol–water partition coefficient (Wildman–Crippen LogP) is -0.118. The fraction of sp³-hybridized carbons (Fsp3) is 0.385. The molecule has 1 amide bonds. The maximum absolute atomic E-state index is 12.2. The third-order valence-corrected chi connectivity index (χ3v) is 5.41. The molecule has 5 N–H and O–H groups in total. The van der Waals surface area contributed by atoms with E-state index in [1.165, 1.54) is 5.38 Å². The van der Waals surface area contributed by atoms with Gasteiger partial charge in [0.25, 0.3) is 5.91 Å². The van der Waals surface area contributed by atoms with E-state index in [1.54, 1.807) is 11.8 Å². The van der Waals surface area contributed by atoms with Gasteiger partial charge in [0.15, 0.2) is 10.8 Å². The smallest absolute Gasteiger partial charge is 0.355 e. The molecule has 2 aliphatic heterocycles. The number of oxime groups is 1. The van der Waals surface area contributed by atoms with Crippen LogP contribution in [0.4, 0.5) is 5.13 Å². The van der Waals surface area contributed by atoms with Crippen LogP contribution in [-0.2, 0) is 14.3 Å². The van der Waals surface area contributed by atoms with Gasteiger partial charge in [-0.25, -0.2) is 9.78 Å². The second-order valence-electron chi connectivity index (χ2n) is 5.12. The molecule has 11 heteroatoms. The largest absolute Gasteiger partial charge is 0.453 e. The third-order valence-electron chi connectivity index (χ3n) is 3.57. The van der Waals surface area contributed by atoms with E-state index in [9.17, 15) is 9.59 Å². The SMILES string of the molecule is CC1OC(=O)C2=C1CS[C@H](CNC(=O)/C(=N\O)c1csc(N)n1)N2. The quantitative estimate of drug-likeness (QED) is 0.249. The van der Waals surface area contributed by atoms with Gasteiger partial charge in [0.2, 0.25) is 0 Å². The number of aromatic nitrogens is 1. The van der Waals surface area contributed by atoms with Gasteiger partial charge in [0.05, 0.1) is 5.37 Å². The molecule has 3 heterocycles. The lowest BCUT2D eigenvalue weighted by molar-refractivity contribution is -0.139. The molecular formula is C13H15N5O4S2. The van der Waals surface area contributed by atoms with E-state index in [2.05, 4.69) is 20.8 Å². The summed E-state index contributed by atoms with van der Waals surface area (Å²) in [6.45, 7) is 2.06. The first-order valence-electron chi connectivity index (χ1n) is 7.03. The number of hydrogen-bond donors (Lipinski definition) is 4. The van der Waals surface area contributed by atoms with Crippen LogP contribution in [0.25, 0.3) is 0 Å². The Bertz CT molecular complexity index is 744. The van der Waals surface area contributed by atoms with Gasteiger partial charge in [0, 0.05) is 23.3 Å². The molecule has 3 rings (SSSR count). The molecule has 1 aromatic heterocycles. The van der Waals surface area contributed by atoms with E-state index >= 15 is 0 Å². The molecule has 2 atom stereocenters. The molecule has 1 aromatic rings. The number of amides is 1. The second kappa shape index (κ2) is 6.69. The minimum atomic E-state index is -0.577. The first-order chi connectivity index (χ1) is 11.5. The fourth-order valence-electron chi connectivity index (χ4n) is 2.35. The summed E-state index contributed by atoms with van der Waals surface area (Å²) in [5.41, 5.74) is 6.92. The average Bonchev–Trinajstić information content (AvgIpc) is 3.10. The lowest BCUT2D eigenvalue weighted by atomic mass is 10.1. The lowest BCUT2D eigenvalue weighted by Crippen LogP contribution is -2.44. The highest BCUT2D eigenvalue weighted by molar-refractivity contribution is 8.00. The van der Waals surface area contributed by atoms with Gasteiger partial charge in [-0.15, -0.1) is 23.1 Å². The molecule has 0 saturated carbocycles. The number of thioether (sulfide) groups is 1. The summed E-state index contributed by atoms with van der Waals surface area (Å²) in [4.78, 5) is 27.8. The number of nitrogen functional groups attached to an aromatic ring is 1. The summed E-state index contributed by atoms with van der Waals surface area (Å²) < 4.78 is 5.15. The van der Waals surface area contributed by atoms with E-state index in [1.807, 2.05) is 6.92 Å². The standard InChI is InChI=1S/C13H15N5O4S2/c1-5-6-3-23-8(17-9(6)12(20)22-5)2-15-11(19)10(18-21)7-4-24-13(14)16-7/h4-5,8,17,21H,2-3H2,1H3,(H2,14,16)(H,15,19)/b18-10-/t5?,8-/m1/s1. The number of carbonyl (C=O) groups is 2. The summed E-state index contributed by atoms with van der Waals surface area (Å²) >= 11 is 2.70. The molecule has 0 aromatic carbocycles. The van der Waals surface area contributed by atoms with Crippen molar-refractivity contribution in [2.45, 2.75) is 18.4 Å². The molecule has 2 aliphatic rings. The van der Waals surface area contributed by atoms with Crippen molar-refractivity contribution in [1.82, 2.24) is 15.6 Å². The van der Waals surface area contributed by atoms with Crippen LogP contribution in [0.15, 0.2) is 21.8 Å². The van der Waals surface area contributed by atoms with Gasteiger partial charge in [-0.2, -0.15) is 0 Å². The van der Waals surface area contributed by atoms with Crippen molar-refractivity contribution in [3.63, 3.8) is 0 Å². The van der Waals surface area contributed by atoms with Gasteiger partial charge < -0.3 is 26.3 Å². The van der Waals surface area contributed by atoms with Gasteiger partial charge in [0.1, 0.15) is 17.5 Å². The van der Waals surface area contributed by atoms with Crippen LogP contribution in [-0.4, -0.2) is 51.6 Å². The van der Waals surface area contributed by atoms with E-state index < -0.39 is 5.91 Å². The van der Waals surface area contributed by atoms with Crippen molar-refractivity contribution < 1.29 is 19.5 Å². The van der Waals surface area contributed by atoms with Crippen molar-refractivity contribution >= 4 is 45.8 Å². The normalized spacial score (nSPS) is 23.5. The van der Waals surface area contributed by atoms with Crippen molar-refractivity contribution in [3.05, 3.63) is 22.3 Å². The minimum Gasteiger partial charge on any atom is -0.453 e. The highest BCUT2D eigenvalue weighted by Crippen LogP contribution is 2.30. The van der Waals surface area contributed by atoms with E-state index in [-0.39, 0.29) is 40.5 Å². The number of ether oxygens (including phenoxy) is 1. The number of esters is 1. The monoisotopic (exact) mass is 369 g/mol. The Balaban J connectivity index is 1.59. The molecule has 9 nitrogen and oxygen atoms in total. The summed E-state index contributed by atoms with van der Waals surface area (Å²) in [5, 5.41) is 19.4. The Morgan fingerprint density at radius 1 is 1.67 bits per heavy atom. The van der Waals surface area contributed by atoms with Gasteiger partial charge >= 0.3 is 5.97 Å². The first kappa shape index (κ1) is 16.6. The summed E-state index contributed by atoms with van der Waals surface area (Å²) in [5.74, 6) is -0.295. The molecule has 0 aliphatic carbocycles. The molecule has 128 valence electrons. The molecule has 1 unspecified atom stereocenters. The molecular weight excluding hydrogens is 354 g/mol. The number of thiazole rings is 1. The number of carbonyl (C=O) groups excluding carboxylic acids is 2. The maximum atomic E-state index is 12.2. The number of nitrogens with zero attached hydrogens (tertiary/aromatic N) is 2. The molecule has 0 bridgehead atoms. The van der Waals surface area contributed by atoms with Crippen LogP contribution in [0.5, 0.6) is 0 Å². The third kappa shape index (κ3) is 3.17. The summed E-state index contributed by atoms with van der Waals surface area (Å²) in [6, 6.07) is 0. The van der Waals surface area contributed by atoms with Crippen molar-refractivity contribution in [2.24, 2.45) is 5.16 Å². The Morgan fingerprint density at radius 3 is 3.12 bits per heavy atom. The predicted molar refractivity (Wildman–Crippen MR) is 89.8 cm³/mol. The Hall–Kier alpha value is -2.27. The number of hydrogen-bond acceptors (Lipinski definition) is 10. The Morgan fingerprint density at radius 2 is 2.46 bits per heavy atom. The van der Waals surface area contributed by atoms with Crippen LogP contribution < -0.4 is 16.4 Å². The molecule has 0 radical (unpaired) electrons. The van der Waals surface area contributed by atoms with E-state index in [0.29, 0.717) is 11.4 Å². The van der Waals surface area contributed by atoms with E-state index in [0.717, 1.165) is 16.9 Å². The van der Waals surface area contributed by atoms with Gasteiger partial charge in [-0.3, -0.25) is 4.79 Å². The fourth-order valence-corrected chi connectivity index (χ4v) is 4.06. The van der Waals surface area contributed by atoms with Crippen LogP contribution in [0.1, 0.15) is 12.6 Å². The van der Waals surface area contributed by atoms with Crippen molar-refractivity contribution in [1.29, 1.82) is 0 Å². The number of nitrogens with one attached hydrogen (secondary N) is 2. The number of cyclic esters (lactones) is 1. The van der Waals surface area contributed by atoms with Gasteiger partial charge in [-0.05, 0) is 6.92 Å². The topological polar surface area (TPSA) is 139 Å². The number of nitrogens with two attached hydrogens (primary N) is 1. The Kier molecular flexibility index (Phi) is 4.62. The van der Waals surface area contributed by atoms with Crippen LogP contribution in [0, 0.1) is 0 Å². The zero-order chi connectivity index (χ0) is 17.3. The highest BCUT2D eigenvalue weighted by Gasteiger charge is 2.36. The highest BCUT2D eigenvalue weighted by atomic mass is 32.2. The maximum Gasteiger partial charge on any atom is 0.355 e. The van der Waals surface area contributed by atoms with Crippen molar-refractivity contribution in [2.75, 3.05) is 18.0 Å². The zero-order valence-corrected chi connectivity index (χ0v) is 14.2. The van der Waals surface area contributed by atoms with E-state index in [4.69, 9.17) is 15.7 Å². The molecule has 0 fully saturated rings. The van der Waals surface area contributed by atoms with Gasteiger partial charge in [-0.1, -0.05) is 5.16 Å². The average molecular weight is 369 g/mol. The second-order valence-corrected chi connectivity index (χ2v) is 7.20. The van der Waals surface area contributed by atoms with Crippen LogP contribution in [0.2, 0.25) is 0 Å². The van der Waals surface area contributed by atoms with Crippen LogP contribution in [0.3, 0.4) is 0 Å². The molecule has 0 spiro atoms. The summed E-state index contributed by atoms with van der Waals surface area (Å²) in [6.07, 6.45) is -0.216. The Labute approximate surface area is 145 Å². The minimum absolute atomic E-state index is 0.189. The molecule has 24 heavy (non-hydrogen) atoms. The van der Waals surface area contributed by atoms with Crippen molar-refractivity contribution in [3.8, 4) is 0 Å². The number of anilines is 1. The van der Waals surface area contributed by atoms with Crippen LogP contribution >= 0.6 is 23.1 Å². The molecule has 0 saturated heterocycles. The lowest BCUT2D eigenvalue weighted by Gasteiger charge is -2.24. The summed E-state index contributed by atoms with van der Waals surface area (Å²) in [7, 11) is 0. The first-order valence-corrected chi connectivity index (χ1v) is 8.96. The number of rotatable bonds is 4. The zero-order valence-electron chi connectivity index (χ0n) is 12.6.